The summed E-state index contributed by atoms with van der Waals surface area (Å²) in [5.74, 6) is -1.16. The topological polar surface area (TPSA) is 73.2 Å². The second-order valence-electron chi connectivity index (χ2n) is 5.97. The Labute approximate surface area is 180 Å². The van der Waals surface area contributed by atoms with Gasteiger partial charge in [-0.25, -0.2) is 9.37 Å². The van der Waals surface area contributed by atoms with Crippen molar-refractivity contribution >= 4 is 57.5 Å². The Bertz CT molecular complexity index is 1120. The lowest BCUT2D eigenvalue weighted by molar-refractivity contribution is -0.113. The number of methoxy groups -OCH3 is 1. The highest BCUT2D eigenvalue weighted by atomic mass is 35.5. The summed E-state index contributed by atoms with van der Waals surface area (Å²) < 4.78 is 20.4. The standard InChI is InChI=1S/C19H16Cl2FN3O3S/c1-28-7-6-25-18(27)13-4-2-12(21)9-16(13)24-19(25)29-10-17(26)23-15-5-3-11(20)8-14(15)22/h2-5,8-9H,6-7,10H2,1H3,(H,23,26). The second-order valence-corrected chi connectivity index (χ2v) is 7.78. The van der Waals surface area contributed by atoms with Gasteiger partial charge in [-0.15, -0.1) is 0 Å². The van der Waals surface area contributed by atoms with Crippen LogP contribution in [-0.4, -0.2) is 34.9 Å². The van der Waals surface area contributed by atoms with Crippen LogP contribution >= 0.6 is 35.0 Å². The fourth-order valence-electron chi connectivity index (χ4n) is 2.57. The van der Waals surface area contributed by atoms with E-state index < -0.39 is 11.7 Å². The van der Waals surface area contributed by atoms with Gasteiger partial charge in [0, 0.05) is 17.2 Å². The molecule has 1 aromatic heterocycles. The smallest absolute Gasteiger partial charge is 0.262 e. The molecule has 1 amide bonds. The van der Waals surface area contributed by atoms with Crippen molar-refractivity contribution in [2.24, 2.45) is 0 Å². The first-order chi connectivity index (χ1) is 13.9. The molecule has 2 aromatic carbocycles. The number of nitrogens with zero attached hydrogens (tertiary/aromatic N) is 2. The number of amides is 1. The van der Waals surface area contributed by atoms with E-state index in [-0.39, 0.29) is 28.6 Å². The number of fused-ring (bicyclic) bond motifs is 1. The number of thioether (sulfide) groups is 1. The molecule has 0 aliphatic heterocycles. The Morgan fingerprint density at radius 3 is 2.69 bits per heavy atom. The third kappa shape index (κ3) is 5.27. The maximum absolute atomic E-state index is 13.9. The third-order valence-electron chi connectivity index (χ3n) is 3.94. The molecular weight excluding hydrogens is 440 g/mol. The molecule has 6 nitrogen and oxygen atoms in total. The van der Waals surface area contributed by atoms with Gasteiger partial charge in [0.25, 0.3) is 5.56 Å². The number of carbonyl (C=O) groups is 1. The van der Waals surface area contributed by atoms with Crippen molar-refractivity contribution in [2.45, 2.75) is 11.7 Å². The summed E-state index contributed by atoms with van der Waals surface area (Å²) in [6, 6.07) is 8.79. The van der Waals surface area contributed by atoms with Crippen molar-refractivity contribution in [3.63, 3.8) is 0 Å². The minimum Gasteiger partial charge on any atom is -0.383 e. The molecule has 3 aromatic rings. The summed E-state index contributed by atoms with van der Waals surface area (Å²) in [5.41, 5.74) is 0.202. The number of aromatic nitrogens is 2. The van der Waals surface area contributed by atoms with Crippen LogP contribution in [0.25, 0.3) is 10.9 Å². The molecule has 3 rings (SSSR count). The predicted octanol–water partition coefficient (Wildman–Crippen LogP) is 4.22. The predicted molar refractivity (Wildman–Crippen MR) is 114 cm³/mol. The van der Waals surface area contributed by atoms with Gasteiger partial charge in [0.15, 0.2) is 5.16 Å². The van der Waals surface area contributed by atoms with E-state index in [4.69, 9.17) is 27.9 Å². The Hall–Kier alpha value is -2.13. The minimum atomic E-state index is -0.633. The highest BCUT2D eigenvalue weighted by molar-refractivity contribution is 7.99. The van der Waals surface area contributed by atoms with Gasteiger partial charge in [0.05, 0.1) is 35.5 Å². The van der Waals surface area contributed by atoms with Gasteiger partial charge in [-0.2, -0.15) is 0 Å². The van der Waals surface area contributed by atoms with Crippen molar-refractivity contribution in [3.05, 3.63) is 62.6 Å². The molecule has 0 unspecified atom stereocenters. The fourth-order valence-corrected chi connectivity index (χ4v) is 3.72. The number of ether oxygens (including phenoxy) is 1. The van der Waals surface area contributed by atoms with E-state index in [0.717, 1.165) is 17.8 Å². The summed E-state index contributed by atoms with van der Waals surface area (Å²) in [6.07, 6.45) is 0. The quantitative estimate of drug-likeness (QED) is 0.426. The molecule has 1 heterocycles. The van der Waals surface area contributed by atoms with Crippen LogP contribution < -0.4 is 10.9 Å². The molecule has 0 fully saturated rings. The maximum Gasteiger partial charge on any atom is 0.262 e. The van der Waals surface area contributed by atoms with Crippen molar-refractivity contribution in [1.82, 2.24) is 9.55 Å². The molecule has 0 atom stereocenters. The van der Waals surface area contributed by atoms with Crippen LogP contribution in [0.5, 0.6) is 0 Å². The van der Waals surface area contributed by atoms with Gasteiger partial charge in [-0.05, 0) is 36.4 Å². The largest absolute Gasteiger partial charge is 0.383 e. The average Bonchev–Trinajstić information content (AvgIpc) is 2.68. The molecule has 0 saturated heterocycles. The summed E-state index contributed by atoms with van der Waals surface area (Å²) >= 11 is 12.8. The lowest BCUT2D eigenvalue weighted by Crippen LogP contribution is -2.26. The summed E-state index contributed by atoms with van der Waals surface area (Å²) in [6.45, 7) is 0.576. The molecule has 29 heavy (non-hydrogen) atoms. The Morgan fingerprint density at radius 1 is 1.24 bits per heavy atom. The van der Waals surface area contributed by atoms with E-state index in [2.05, 4.69) is 10.3 Å². The van der Waals surface area contributed by atoms with Crippen LogP contribution in [0.4, 0.5) is 10.1 Å². The molecule has 0 aliphatic carbocycles. The zero-order chi connectivity index (χ0) is 21.0. The molecular formula is C19H16Cl2FN3O3S. The van der Waals surface area contributed by atoms with Crippen molar-refractivity contribution in [2.75, 3.05) is 24.8 Å². The Balaban J connectivity index is 1.83. The van der Waals surface area contributed by atoms with Crippen LogP contribution in [0.3, 0.4) is 0 Å². The average molecular weight is 456 g/mol. The van der Waals surface area contributed by atoms with E-state index in [9.17, 15) is 14.0 Å². The first-order valence-corrected chi connectivity index (χ1v) is 10.2. The van der Waals surface area contributed by atoms with Crippen LogP contribution in [0.15, 0.2) is 46.3 Å². The number of nitrogens with one attached hydrogen (secondary N) is 1. The molecule has 0 radical (unpaired) electrons. The highest BCUT2D eigenvalue weighted by Gasteiger charge is 2.14. The highest BCUT2D eigenvalue weighted by Crippen LogP contribution is 2.22. The fraction of sp³-hybridized carbons (Fsp3) is 0.211. The van der Waals surface area contributed by atoms with Crippen molar-refractivity contribution in [1.29, 1.82) is 0 Å². The van der Waals surface area contributed by atoms with Gasteiger partial charge < -0.3 is 10.1 Å². The van der Waals surface area contributed by atoms with Gasteiger partial charge in [-0.1, -0.05) is 35.0 Å². The lowest BCUT2D eigenvalue weighted by Gasteiger charge is -2.13. The zero-order valence-electron chi connectivity index (χ0n) is 15.2. The van der Waals surface area contributed by atoms with Gasteiger partial charge >= 0.3 is 0 Å². The summed E-state index contributed by atoms with van der Waals surface area (Å²) in [7, 11) is 1.53. The number of hydrogen-bond donors (Lipinski definition) is 1. The van der Waals surface area contributed by atoms with E-state index in [1.165, 1.54) is 23.8 Å². The van der Waals surface area contributed by atoms with Crippen LogP contribution in [0, 0.1) is 5.82 Å². The summed E-state index contributed by atoms with van der Waals surface area (Å²) in [5, 5.41) is 3.92. The molecule has 0 saturated carbocycles. The number of benzene rings is 2. The first kappa shape index (κ1) is 21.6. The van der Waals surface area contributed by atoms with Gasteiger partial charge in [0.2, 0.25) is 5.91 Å². The molecule has 152 valence electrons. The molecule has 0 bridgehead atoms. The Kier molecular flexibility index (Phi) is 7.13. The number of rotatable bonds is 7. The zero-order valence-corrected chi connectivity index (χ0v) is 17.6. The molecule has 0 spiro atoms. The van der Waals surface area contributed by atoms with Crippen molar-refractivity contribution < 1.29 is 13.9 Å². The number of anilines is 1. The normalized spacial score (nSPS) is 11.0. The molecule has 1 N–H and O–H groups in total. The van der Waals surface area contributed by atoms with Crippen LogP contribution in [0.2, 0.25) is 10.0 Å². The van der Waals surface area contributed by atoms with Crippen molar-refractivity contribution in [3.8, 4) is 0 Å². The molecule has 0 aliphatic rings. The summed E-state index contributed by atoms with van der Waals surface area (Å²) in [4.78, 5) is 29.6. The number of hydrogen-bond acceptors (Lipinski definition) is 5. The van der Waals surface area contributed by atoms with E-state index in [0.29, 0.717) is 27.7 Å². The van der Waals surface area contributed by atoms with Crippen LogP contribution in [0.1, 0.15) is 0 Å². The SMILES string of the molecule is COCCn1c(SCC(=O)Nc2ccc(Cl)cc2F)nc2cc(Cl)ccc2c1=O. The maximum atomic E-state index is 13.9. The number of carbonyl (C=O) groups excluding carboxylic acids is 1. The Morgan fingerprint density at radius 2 is 1.97 bits per heavy atom. The van der Waals surface area contributed by atoms with E-state index >= 15 is 0 Å². The van der Waals surface area contributed by atoms with Gasteiger partial charge in [-0.3, -0.25) is 14.2 Å². The van der Waals surface area contributed by atoms with E-state index in [1.807, 2.05) is 0 Å². The molecule has 10 heteroatoms. The second kappa shape index (κ2) is 9.58. The van der Waals surface area contributed by atoms with E-state index in [1.54, 1.807) is 18.2 Å². The number of halogens is 3. The first-order valence-electron chi connectivity index (χ1n) is 8.46. The minimum absolute atomic E-state index is 0.0232. The monoisotopic (exact) mass is 455 g/mol. The third-order valence-corrected chi connectivity index (χ3v) is 5.39. The van der Waals surface area contributed by atoms with Crippen LogP contribution in [-0.2, 0) is 16.1 Å². The van der Waals surface area contributed by atoms with Gasteiger partial charge in [0.1, 0.15) is 5.82 Å². The lowest BCUT2D eigenvalue weighted by atomic mass is 10.2.